The Balaban J connectivity index is 1.45. The van der Waals surface area contributed by atoms with E-state index in [0.29, 0.717) is 42.8 Å². The first kappa shape index (κ1) is 20.9. The molecule has 2 heterocycles. The topological polar surface area (TPSA) is 104 Å². The number of hydrogen-bond acceptors (Lipinski definition) is 6. The van der Waals surface area contributed by atoms with E-state index in [1.807, 2.05) is 11.0 Å². The molecule has 1 aromatic carbocycles. The highest BCUT2D eigenvalue weighted by Crippen LogP contribution is 2.29. The maximum Gasteiger partial charge on any atom is 0.320 e. The molecular formula is C21H27N5O3. The van der Waals surface area contributed by atoms with E-state index >= 15 is 0 Å². The smallest absolute Gasteiger partial charge is 0.320 e. The van der Waals surface area contributed by atoms with Gasteiger partial charge in [-0.3, -0.25) is 4.90 Å². The van der Waals surface area contributed by atoms with Crippen LogP contribution in [0.2, 0.25) is 0 Å². The number of carbonyl (C=O) groups excluding carboxylic acids is 1. The Morgan fingerprint density at radius 1 is 1.24 bits per heavy atom. The van der Waals surface area contributed by atoms with Gasteiger partial charge in [-0.05, 0) is 42.5 Å². The lowest BCUT2D eigenvalue weighted by Crippen LogP contribution is -2.57. The van der Waals surface area contributed by atoms with E-state index < -0.39 is 6.10 Å². The molecule has 2 saturated heterocycles. The zero-order chi connectivity index (χ0) is 20.8. The summed E-state index contributed by atoms with van der Waals surface area (Å²) in [6, 6.07) is 10.8. The number of ether oxygens (including phenoxy) is 1. The molecule has 2 amide bonds. The number of benzene rings is 1. The van der Waals surface area contributed by atoms with Gasteiger partial charge in [0.1, 0.15) is 25.0 Å². The van der Waals surface area contributed by atoms with Crippen LogP contribution in [0, 0.1) is 34.5 Å². The zero-order valence-corrected chi connectivity index (χ0v) is 16.7. The molecule has 2 fully saturated rings. The summed E-state index contributed by atoms with van der Waals surface area (Å²) >= 11 is 0. The van der Waals surface area contributed by atoms with Crippen molar-refractivity contribution in [2.75, 3.05) is 52.9 Å². The second kappa shape index (κ2) is 9.60. The predicted molar refractivity (Wildman–Crippen MR) is 106 cm³/mol. The van der Waals surface area contributed by atoms with Gasteiger partial charge in [0.25, 0.3) is 0 Å². The van der Waals surface area contributed by atoms with E-state index in [1.54, 1.807) is 31.3 Å². The summed E-state index contributed by atoms with van der Waals surface area (Å²) in [6.45, 7) is 3.90. The molecule has 8 heteroatoms. The lowest BCUT2D eigenvalue weighted by Gasteiger charge is -2.46. The van der Waals surface area contributed by atoms with Crippen molar-refractivity contribution in [1.29, 1.82) is 10.5 Å². The van der Waals surface area contributed by atoms with Crippen molar-refractivity contribution in [3.8, 4) is 17.9 Å². The molecule has 154 valence electrons. The SMILES string of the molecule is CN(CC#N)C(=O)N1CC2CC(CN(CC(O)COc3ccc(C#N)cc3)C2)C1. The quantitative estimate of drug-likeness (QED) is 0.722. The van der Waals surface area contributed by atoms with Crippen LogP contribution in [-0.4, -0.2) is 84.9 Å². The average Bonchev–Trinajstić information content (AvgIpc) is 2.71. The summed E-state index contributed by atoms with van der Waals surface area (Å²) in [5.74, 6) is 1.40. The number of nitrogens with zero attached hydrogens (tertiary/aromatic N) is 5. The first-order chi connectivity index (χ1) is 14.0. The number of carbonyl (C=O) groups is 1. The molecular weight excluding hydrogens is 370 g/mol. The van der Waals surface area contributed by atoms with Crippen molar-refractivity contribution >= 4 is 6.03 Å². The standard InChI is InChI=1S/C21H27N5O3/c1-24(7-6-22)21(28)26-12-17-8-18(13-26)11-25(10-17)14-19(27)15-29-20-4-2-16(9-23)3-5-20/h2-5,17-19,27H,7-8,10-15H2,1H3. The molecule has 3 rings (SSSR count). The molecule has 3 atom stereocenters. The summed E-state index contributed by atoms with van der Waals surface area (Å²) in [4.78, 5) is 18.0. The number of piperidine rings is 2. The fraction of sp³-hybridized carbons (Fsp3) is 0.571. The molecule has 0 aliphatic carbocycles. The number of aliphatic hydroxyl groups excluding tert-OH is 1. The Morgan fingerprint density at radius 2 is 1.90 bits per heavy atom. The molecule has 0 aromatic heterocycles. The van der Waals surface area contributed by atoms with E-state index in [2.05, 4.69) is 11.0 Å². The number of likely N-dealkylation sites (tertiary alicyclic amines) is 2. The van der Waals surface area contributed by atoms with Crippen LogP contribution < -0.4 is 4.74 Å². The third kappa shape index (κ3) is 5.60. The second-order valence-electron chi connectivity index (χ2n) is 7.99. The summed E-state index contributed by atoms with van der Waals surface area (Å²) in [5.41, 5.74) is 0.573. The highest BCUT2D eigenvalue weighted by molar-refractivity contribution is 5.74. The minimum atomic E-state index is -0.607. The predicted octanol–water partition coefficient (Wildman–Crippen LogP) is 1.13. The fourth-order valence-corrected chi connectivity index (χ4v) is 4.28. The van der Waals surface area contributed by atoms with Gasteiger partial charge >= 0.3 is 6.03 Å². The monoisotopic (exact) mass is 397 g/mol. The van der Waals surface area contributed by atoms with E-state index in [9.17, 15) is 9.90 Å². The summed E-state index contributed by atoms with van der Waals surface area (Å²) in [6.07, 6.45) is 0.490. The lowest BCUT2D eigenvalue weighted by atomic mass is 9.84. The zero-order valence-electron chi connectivity index (χ0n) is 16.7. The van der Waals surface area contributed by atoms with Crippen LogP contribution in [0.4, 0.5) is 4.79 Å². The number of fused-ring (bicyclic) bond motifs is 2. The third-order valence-corrected chi connectivity index (χ3v) is 5.46. The minimum Gasteiger partial charge on any atom is -0.491 e. The van der Waals surface area contributed by atoms with Crippen molar-refractivity contribution in [2.45, 2.75) is 12.5 Å². The van der Waals surface area contributed by atoms with Crippen molar-refractivity contribution in [1.82, 2.24) is 14.7 Å². The van der Waals surface area contributed by atoms with Gasteiger partial charge < -0.3 is 19.6 Å². The van der Waals surface area contributed by atoms with Gasteiger partial charge in [0.2, 0.25) is 0 Å². The molecule has 3 unspecified atom stereocenters. The molecule has 1 aromatic rings. The van der Waals surface area contributed by atoms with Crippen LogP contribution in [-0.2, 0) is 0 Å². The van der Waals surface area contributed by atoms with Gasteiger partial charge in [0.05, 0.1) is 17.7 Å². The number of rotatable bonds is 6. The molecule has 8 nitrogen and oxygen atoms in total. The first-order valence-electron chi connectivity index (χ1n) is 9.89. The number of β-amino-alcohol motifs (C(OH)–C–C–N with tert-alkyl or cyclic N) is 1. The molecule has 2 aliphatic rings. The lowest BCUT2D eigenvalue weighted by molar-refractivity contribution is 0.00643. The number of hydrogen-bond donors (Lipinski definition) is 1. The van der Waals surface area contributed by atoms with Crippen LogP contribution in [0.15, 0.2) is 24.3 Å². The average molecular weight is 397 g/mol. The van der Waals surface area contributed by atoms with Crippen LogP contribution in [0.5, 0.6) is 5.75 Å². The van der Waals surface area contributed by atoms with Gasteiger partial charge in [-0.15, -0.1) is 0 Å². The molecule has 0 spiro atoms. The van der Waals surface area contributed by atoms with E-state index in [4.69, 9.17) is 15.3 Å². The summed E-state index contributed by atoms with van der Waals surface area (Å²) in [5, 5.41) is 28.0. The Labute approximate surface area is 171 Å². The number of urea groups is 1. The van der Waals surface area contributed by atoms with Gasteiger partial charge in [0.15, 0.2) is 0 Å². The van der Waals surface area contributed by atoms with Gasteiger partial charge in [-0.2, -0.15) is 10.5 Å². The Hall–Kier alpha value is -2.81. The maximum absolute atomic E-state index is 12.5. The summed E-state index contributed by atoms with van der Waals surface area (Å²) < 4.78 is 5.63. The van der Waals surface area contributed by atoms with Gasteiger partial charge in [0, 0.05) is 39.8 Å². The number of amides is 2. The normalized spacial score (nSPS) is 22.3. The van der Waals surface area contributed by atoms with Crippen LogP contribution in [0.25, 0.3) is 0 Å². The van der Waals surface area contributed by atoms with Crippen LogP contribution in [0.3, 0.4) is 0 Å². The first-order valence-corrected chi connectivity index (χ1v) is 9.89. The Bertz CT molecular complexity index is 771. The van der Waals surface area contributed by atoms with Crippen molar-refractivity contribution in [3.63, 3.8) is 0 Å². The van der Waals surface area contributed by atoms with Crippen molar-refractivity contribution < 1.29 is 14.6 Å². The highest BCUT2D eigenvalue weighted by atomic mass is 16.5. The largest absolute Gasteiger partial charge is 0.491 e. The van der Waals surface area contributed by atoms with Gasteiger partial charge in [-0.1, -0.05) is 0 Å². The molecule has 1 N–H and O–H groups in total. The third-order valence-electron chi connectivity index (χ3n) is 5.46. The second-order valence-corrected chi connectivity index (χ2v) is 7.99. The number of aliphatic hydroxyl groups is 1. The van der Waals surface area contributed by atoms with Gasteiger partial charge in [-0.25, -0.2) is 4.79 Å². The number of nitriles is 2. The summed E-state index contributed by atoms with van der Waals surface area (Å²) in [7, 11) is 1.66. The van der Waals surface area contributed by atoms with E-state index in [-0.39, 0.29) is 19.2 Å². The molecule has 0 saturated carbocycles. The van der Waals surface area contributed by atoms with Crippen LogP contribution in [0.1, 0.15) is 12.0 Å². The molecule has 2 bridgehead atoms. The van der Waals surface area contributed by atoms with Crippen LogP contribution >= 0.6 is 0 Å². The van der Waals surface area contributed by atoms with Crippen molar-refractivity contribution in [2.24, 2.45) is 11.8 Å². The molecule has 29 heavy (non-hydrogen) atoms. The van der Waals surface area contributed by atoms with E-state index in [1.165, 1.54) is 4.90 Å². The molecule has 0 radical (unpaired) electrons. The van der Waals surface area contributed by atoms with Crippen molar-refractivity contribution in [3.05, 3.63) is 29.8 Å². The molecule has 2 aliphatic heterocycles. The Morgan fingerprint density at radius 3 is 2.48 bits per heavy atom. The Kier molecular flexibility index (Phi) is 6.92. The highest BCUT2D eigenvalue weighted by Gasteiger charge is 2.37. The minimum absolute atomic E-state index is 0.0782. The van der Waals surface area contributed by atoms with E-state index in [0.717, 1.165) is 19.5 Å². The fourth-order valence-electron chi connectivity index (χ4n) is 4.28. The maximum atomic E-state index is 12.5.